The number of rotatable bonds is 4. The van der Waals surface area contributed by atoms with Crippen LogP contribution in [0.25, 0.3) is 5.57 Å². The molecular weight excluding hydrogens is 400 g/mol. The van der Waals surface area contributed by atoms with Crippen LogP contribution in [-0.2, 0) is 0 Å². The van der Waals surface area contributed by atoms with Gasteiger partial charge in [0.2, 0.25) is 0 Å². The maximum atomic E-state index is 13.7. The minimum Gasteiger partial charge on any atom is -0.364 e. The molecule has 31 heavy (non-hydrogen) atoms. The van der Waals surface area contributed by atoms with Crippen molar-refractivity contribution in [1.29, 1.82) is 10.7 Å². The number of hydrogen-bond donors (Lipinski definition) is 3. The second-order valence-corrected chi connectivity index (χ2v) is 8.45. The number of aromatic nitrogens is 1. The van der Waals surface area contributed by atoms with E-state index in [1.54, 1.807) is 23.4 Å². The smallest absolute Gasteiger partial charge is 0.266 e. The summed E-state index contributed by atoms with van der Waals surface area (Å²) in [5.41, 5.74) is 2.70. The van der Waals surface area contributed by atoms with Crippen molar-refractivity contribution >= 4 is 17.6 Å². The summed E-state index contributed by atoms with van der Waals surface area (Å²) in [6.45, 7) is 1.80. The molecule has 3 N–H and O–H groups in total. The molecule has 4 saturated heterocycles. The molecule has 0 spiro atoms. The summed E-state index contributed by atoms with van der Waals surface area (Å²) < 4.78 is 27.4. The number of allylic oxidation sites excluding steroid dienone is 3. The van der Waals surface area contributed by atoms with Gasteiger partial charge in [-0.3, -0.25) is 0 Å². The van der Waals surface area contributed by atoms with Crippen molar-refractivity contribution < 1.29 is 8.78 Å². The van der Waals surface area contributed by atoms with Gasteiger partial charge in [0.1, 0.15) is 11.9 Å². The third-order valence-corrected chi connectivity index (χ3v) is 6.30. The summed E-state index contributed by atoms with van der Waals surface area (Å²) >= 11 is 0. The number of alkyl halides is 2. The van der Waals surface area contributed by atoms with Crippen molar-refractivity contribution in [2.45, 2.75) is 30.8 Å². The van der Waals surface area contributed by atoms with Gasteiger partial charge in [-0.05, 0) is 24.6 Å². The van der Waals surface area contributed by atoms with Crippen molar-refractivity contribution in [3.63, 3.8) is 0 Å². The third-order valence-electron chi connectivity index (χ3n) is 6.30. The Balaban J connectivity index is 1.45. The van der Waals surface area contributed by atoms with Crippen LogP contribution in [0.2, 0.25) is 0 Å². The van der Waals surface area contributed by atoms with Gasteiger partial charge in [-0.1, -0.05) is 0 Å². The van der Waals surface area contributed by atoms with Crippen molar-refractivity contribution in [2.24, 2.45) is 0 Å². The van der Waals surface area contributed by atoms with E-state index in [9.17, 15) is 14.0 Å². The molecule has 6 heterocycles. The molecule has 7 nitrogen and oxygen atoms in total. The number of nitrogens with zero attached hydrogens (tertiary/aromatic N) is 4. The number of anilines is 1. The number of piperidine rings is 1. The Morgan fingerprint density at radius 2 is 2.06 bits per heavy atom. The predicted molar refractivity (Wildman–Crippen MR) is 114 cm³/mol. The van der Waals surface area contributed by atoms with Crippen LogP contribution < -0.4 is 15.5 Å². The Labute approximate surface area is 179 Å². The monoisotopic (exact) mass is 423 g/mol. The summed E-state index contributed by atoms with van der Waals surface area (Å²) in [6.07, 6.45) is 7.20. The van der Waals surface area contributed by atoms with Crippen LogP contribution in [0.1, 0.15) is 18.4 Å². The normalized spacial score (nSPS) is 28.0. The number of hydrogen-bond acceptors (Lipinski definition) is 7. The maximum Gasteiger partial charge on any atom is 0.266 e. The first kappa shape index (κ1) is 19.7. The van der Waals surface area contributed by atoms with Gasteiger partial charge < -0.3 is 25.8 Å². The van der Waals surface area contributed by atoms with Crippen LogP contribution in [0, 0.1) is 16.7 Å². The highest BCUT2D eigenvalue weighted by molar-refractivity contribution is 5.93. The van der Waals surface area contributed by atoms with Crippen LogP contribution in [-0.4, -0.2) is 60.3 Å². The predicted octanol–water partition coefficient (Wildman–Crippen LogP) is 2.23. The van der Waals surface area contributed by atoms with E-state index in [-0.39, 0.29) is 25.1 Å². The summed E-state index contributed by atoms with van der Waals surface area (Å²) in [7, 11) is 0. The number of nitrogens with one attached hydrogen (secondary N) is 3. The molecule has 5 aliphatic heterocycles. The number of fused-ring (bicyclic) bond motifs is 2. The van der Waals surface area contributed by atoms with Gasteiger partial charge in [0.15, 0.2) is 0 Å². The lowest BCUT2D eigenvalue weighted by atomic mass is 9.91. The molecule has 160 valence electrons. The summed E-state index contributed by atoms with van der Waals surface area (Å²) in [4.78, 5) is 8.53. The van der Waals surface area contributed by atoms with Crippen LogP contribution in [0.15, 0.2) is 47.6 Å². The van der Waals surface area contributed by atoms with Gasteiger partial charge >= 0.3 is 0 Å². The first-order valence-corrected chi connectivity index (χ1v) is 10.4. The number of pyridine rings is 1. The molecule has 2 atom stereocenters. The van der Waals surface area contributed by atoms with Crippen LogP contribution in [0.3, 0.4) is 0 Å². The van der Waals surface area contributed by atoms with Gasteiger partial charge in [-0.2, -0.15) is 5.26 Å². The topological polar surface area (TPSA) is 91.1 Å². The van der Waals surface area contributed by atoms with E-state index in [2.05, 4.69) is 20.5 Å². The molecule has 9 heteroatoms. The van der Waals surface area contributed by atoms with Crippen molar-refractivity contribution in [3.05, 3.63) is 53.1 Å². The summed E-state index contributed by atoms with van der Waals surface area (Å²) in [5.74, 6) is -1.80. The lowest BCUT2D eigenvalue weighted by molar-refractivity contribution is 0.0154. The number of likely N-dealkylation sites (tertiary alicyclic amines) is 1. The number of dihydropyridines is 1. The molecule has 2 bridgehead atoms. The van der Waals surface area contributed by atoms with Crippen molar-refractivity contribution in [3.8, 4) is 6.07 Å². The third kappa shape index (κ3) is 3.68. The van der Waals surface area contributed by atoms with E-state index in [0.29, 0.717) is 29.1 Å². The first-order valence-electron chi connectivity index (χ1n) is 10.4. The number of halogens is 2. The number of nitriles is 1. The molecule has 1 aromatic rings. The largest absolute Gasteiger partial charge is 0.364 e. The fourth-order valence-electron chi connectivity index (χ4n) is 4.67. The average molecular weight is 423 g/mol. The summed E-state index contributed by atoms with van der Waals surface area (Å²) in [5, 5.41) is 23.6. The number of piperazine rings is 1. The minimum atomic E-state index is -2.70. The molecule has 0 saturated carbocycles. The molecule has 2 unspecified atom stereocenters. The van der Waals surface area contributed by atoms with E-state index in [0.717, 1.165) is 30.7 Å². The zero-order valence-electron chi connectivity index (χ0n) is 16.9. The van der Waals surface area contributed by atoms with E-state index >= 15 is 0 Å². The lowest BCUT2D eigenvalue weighted by Crippen LogP contribution is -2.67. The van der Waals surface area contributed by atoms with E-state index in [4.69, 9.17) is 5.41 Å². The van der Waals surface area contributed by atoms with Crippen LogP contribution in [0.4, 0.5) is 14.6 Å². The second-order valence-electron chi connectivity index (χ2n) is 8.45. The molecule has 5 aliphatic rings. The zero-order chi connectivity index (χ0) is 21.6. The highest BCUT2D eigenvalue weighted by Gasteiger charge is 2.39. The highest BCUT2D eigenvalue weighted by atomic mass is 19.3. The lowest BCUT2D eigenvalue weighted by Gasteiger charge is -2.48. The minimum absolute atomic E-state index is 0.166. The van der Waals surface area contributed by atoms with E-state index < -0.39 is 5.92 Å². The highest BCUT2D eigenvalue weighted by Crippen LogP contribution is 2.34. The molecule has 0 amide bonds. The average Bonchev–Trinajstić information content (AvgIpc) is 3.14. The maximum absolute atomic E-state index is 13.7. The van der Waals surface area contributed by atoms with E-state index in [1.165, 1.54) is 6.42 Å². The Kier molecular flexibility index (Phi) is 4.74. The summed E-state index contributed by atoms with van der Waals surface area (Å²) in [6, 6.07) is 6.97. The zero-order valence-corrected chi connectivity index (χ0v) is 16.9. The molecule has 1 aromatic heterocycles. The van der Waals surface area contributed by atoms with Crippen molar-refractivity contribution in [1.82, 2.24) is 20.5 Å². The fourth-order valence-corrected chi connectivity index (χ4v) is 4.67. The van der Waals surface area contributed by atoms with Gasteiger partial charge in [0.25, 0.3) is 5.92 Å². The first-order chi connectivity index (χ1) is 15.0. The molecule has 0 aromatic carbocycles. The van der Waals surface area contributed by atoms with Gasteiger partial charge in [-0.15, -0.1) is 0 Å². The standard InChI is InChI=1S/C22H23F2N7/c23-22(24)3-4-30(13-22)18-6-19(21(28-10-18)15(7-25)8-26)14-1-2-20(27-9-14)31-11-16-5-17(12-31)29-16/h1-2,6-7,9-10,16-17,25,28-29H,3-5,11-13H2/b21-15+,25-7?. The van der Waals surface area contributed by atoms with Crippen LogP contribution >= 0.6 is 0 Å². The Morgan fingerprint density at radius 3 is 2.65 bits per heavy atom. The Bertz CT molecular complexity index is 1020. The van der Waals surface area contributed by atoms with Crippen molar-refractivity contribution in [2.75, 3.05) is 31.1 Å². The second kappa shape index (κ2) is 7.46. The quantitative estimate of drug-likeness (QED) is 0.508. The SMILES string of the molecule is N#C/C(C=N)=C1/NC=C(N2CCC(F)(F)C2)C=C1c1ccc(N2CC3CC(C2)N3)nc1. The fraction of sp³-hybridized carbons (Fsp3) is 0.409. The Morgan fingerprint density at radius 1 is 1.29 bits per heavy atom. The Hall–Kier alpha value is -3.25. The molecule has 0 aliphatic carbocycles. The molecule has 4 fully saturated rings. The van der Waals surface area contributed by atoms with Crippen LogP contribution in [0.5, 0.6) is 0 Å². The van der Waals surface area contributed by atoms with E-state index in [1.807, 2.05) is 18.2 Å². The van der Waals surface area contributed by atoms with Gasteiger partial charge in [0, 0.05) is 67.9 Å². The molecular formula is C22H23F2N7. The van der Waals surface area contributed by atoms with Gasteiger partial charge in [0.05, 0.1) is 23.5 Å². The molecule has 6 rings (SSSR count). The molecule has 0 radical (unpaired) electrons. The van der Waals surface area contributed by atoms with Gasteiger partial charge in [-0.25, -0.2) is 13.8 Å².